The van der Waals surface area contributed by atoms with E-state index in [4.69, 9.17) is 11.6 Å². The van der Waals surface area contributed by atoms with Gasteiger partial charge in [-0.15, -0.1) is 11.3 Å². The first kappa shape index (κ1) is 18.1. The van der Waals surface area contributed by atoms with E-state index < -0.39 is 10.3 Å². The molecule has 0 unspecified atom stereocenters. The summed E-state index contributed by atoms with van der Waals surface area (Å²) in [4.78, 5) is 36.9. The number of aromatic amines is 1. The number of nitrogens with one attached hydrogen (secondary N) is 1. The molecule has 2 rings (SSSR count). The van der Waals surface area contributed by atoms with E-state index in [2.05, 4.69) is 4.98 Å². The Kier molecular flexibility index (Phi) is 5.05. The maximum Gasteiger partial charge on any atom is 0.288 e. The van der Waals surface area contributed by atoms with Crippen molar-refractivity contribution in [2.45, 2.75) is 20.8 Å². The molecule has 24 heavy (non-hydrogen) atoms. The van der Waals surface area contributed by atoms with Crippen molar-refractivity contribution in [2.24, 2.45) is 5.41 Å². The van der Waals surface area contributed by atoms with Crippen LogP contribution in [0.2, 0.25) is 5.02 Å². The molecule has 0 aliphatic carbocycles. The number of hydrogen-bond donors (Lipinski definition) is 1. The number of aromatic nitrogens is 1. The predicted octanol–water partition coefficient (Wildman–Crippen LogP) is 2.22. The first-order chi connectivity index (χ1) is 11.1. The van der Waals surface area contributed by atoms with E-state index in [9.17, 15) is 19.7 Å². The van der Waals surface area contributed by atoms with Gasteiger partial charge in [0.15, 0.2) is 5.78 Å². The molecule has 0 saturated carbocycles. The van der Waals surface area contributed by atoms with E-state index in [1.807, 2.05) is 0 Å². The number of carbonyl (C=O) groups excluding carboxylic acids is 1. The van der Waals surface area contributed by atoms with Crippen LogP contribution >= 0.6 is 22.9 Å². The first-order valence-electron chi connectivity index (χ1n) is 6.99. The van der Waals surface area contributed by atoms with Gasteiger partial charge in [0.1, 0.15) is 5.02 Å². The van der Waals surface area contributed by atoms with E-state index in [1.54, 1.807) is 26.8 Å². The summed E-state index contributed by atoms with van der Waals surface area (Å²) in [6.45, 7) is 5.37. The lowest BCUT2D eigenvalue weighted by Crippen LogP contribution is -2.22. The van der Waals surface area contributed by atoms with Gasteiger partial charge in [-0.2, -0.15) is 0 Å². The minimum Gasteiger partial charge on any atom is -0.313 e. The first-order valence-corrected chi connectivity index (χ1v) is 8.18. The summed E-state index contributed by atoms with van der Waals surface area (Å²) in [5.41, 5.74) is -0.646. The summed E-state index contributed by atoms with van der Waals surface area (Å²) in [7, 11) is 0. The second-order valence-electron chi connectivity index (χ2n) is 6.16. The molecule has 8 heteroatoms. The lowest BCUT2D eigenvalue weighted by atomic mass is 9.91. The highest BCUT2D eigenvalue weighted by Crippen LogP contribution is 2.25. The molecule has 0 spiro atoms. The smallest absolute Gasteiger partial charge is 0.288 e. The molecule has 0 aliphatic heterocycles. The monoisotopic (exact) mass is 366 g/mol. The molecular formula is C16H15ClN2O4S. The van der Waals surface area contributed by atoms with Gasteiger partial charge in [0, 0.05) is 17.6 Å². The van der Waals surface area contributed by atoms with Crippen molar-refractivity contribution in [1.82, 2.24) is 4.98 Å². The standard InChI is InChI=1S/C16H15ClN2O4S/c1-16(2,3)13(20)8-14-18-15(21)12(24-14)7-9-4-5-10(17)11(6-9)19(22)23/h4-8H,1-3H3,(H,18,21)/b12-7-,14-8+. The average molecular weight is 367 g/mol. The van der Waals surface area contributed by atoms with Crippen LogP contribution in [0.25, 0.3) is 12.2 Å². The zero-order valence-corrected chi connectivity index (χ0v) is 14.8. The molecule has 1 N–H and O–H groups in total. The molecule has 1 aromatic heterocycles. The third-order valence-corrected chi connectivity index (χ3v) is 4.43. The molecule has 1 heterocycles. The Morgan fingerprint density at radius 2 is 2.04 bits per heavy atom. The highest BCUT2D eigenvalue weighted by Gasteiger charge is 2.18. The molecule has 0 radical (unpaired) electrons. The molecule has 0 atom stereocenters. The Morgan fingerprint density at radius 1 is 1.38 bits per heavy atom. The quantitative estimate of drug-likeness (QED) is 0.665. The summed E-state index contributed by atoms with van der Waals surface area (Å²) < 4.78 is 0.786. The van der Waals surface area contributed by atoms with Crippen LogP contribution in [0, 0.1) is 15.5 Å². The molecule has 0 fully saturated rings. The highest BCUT2D eigenvalue weighted by molar-refractivity contribution is 7.07. The maximum absolute atomic E-state index is 12.0. The summed E-state index contributed by atoms with van der Waals surface area (Å²) >= 11 is 6.88. The lowest BCUT2D eigenvalue weighted by molar-refractivity contribution is -0.384. The summed E-state index contributed by atoms with van der Waals surface area (Å²) in [6.07, 6.45) is 2.92. The molecule has 1 aromatic carbocycles. The van der Waals surface area contributed by atoms with Gasteiger partial charge in [-0.05, 0) is 17.7 Å². The minimum absolute atomic E-state index is 0.0297. The third kappa shape index (κ3) is 4.18. The Bertz CT molecular complexity index is 983. The molecule has 126 valence electrons. The maximum atomic E-state index is 12.0. The SMILES string of the molecule is CC(C)(C)C(=O)/C=c1\[nH]c(=O)/c(=C/c2ccc(Cl)c([N+](=O)[O-])c2)s1. The number of ketones is 1. The van der Waals surface area contributed by atoms with Crippen LogP contribution in [0.3, 0.4) is 0 Å². The van der Waals surface area contributed by atoms with Gasteiger partial charge in [-0.25, -0.2) is 0 Å². The van der Waals surface area contributed by atoms with E-state index in [0.717, 1.165) is 11.3 Å². The van der Waals surface area contributed by atoms with Gasteiger partial charge in [-0.1, -0.05) is 38.4 Å². The van der Waals surface area contributed by atoms with Gasteiger partial charge < -0.3 is 4.98 Å². The van der Waals surface area contributed by atoms with Gasteiger partial charge in [0.2, 0.25) is 0 Å². The van der Waals surface area contributed by atoms with E-state index in [1.165, 1.54) is 24.3 Å². The Hall–Kier alpha value is -2.25. The Balaban J connectivity index is 2.52. The molecule has 0 saturated heterocycles. The molecule has 6 nitrogen and oxygen atoms in total. The van der Waals surface area contributed by atoms with Crippen molar-refractivity contribution in [3.8, 4) is 0 Å². The number of hydrogen-bond acceptors (Lipinski definition) is 5. The second-order valence-corrected chi connectivity index (χ2v) is 7.65. The lowest BCUT2D eigenvalue weighted by Gasteiger charge is -2.12. The molecule has 0 aliphatic rings. The number of nitrogens with zero attached hydrogens (tertiary/aromatic N) is 1. The largest absolute Gasteiger partial charge is 0.313 e. The van der Waals surface area contributed by atoms with E-state index >= 15 is 0 Å². The third-order valence-electron chi connectivity index (χ3n) is 3.15. The van der Waals surface area contributed by atoms with Gasteiger partial charge >= 0.3 is 0 Å². The molecule has 0 amide bonds. The highest BCUT2D eigenvalue weighted by atomic mass is 35.5. The zero-order valence-electron chi connectivity index (χ0n) is 13.3. The number of nitro benzene ring substituents is 1. The number of nitro groups is 1. The summed E-state index contributed by atoms with van der Waals surface area (Å²) in [5.74, 6) is -0.103. The molecular weight excluding hydrogens is 352 g/mol. The van der Waals surface area contributed by atoms with Crippen LogP contribution in [0.15, 0.2) is 23.0 Å². The van der Waals surface area contributed by atoms with Crippen LogP contribution in [0.5, 0.6) is 0 Å². The van der Waals surface area contributed by atoms with Crippen LogP contribution < -0.4 is 14.8 Å². The van der Waals surface area contributed by atoms with Crippen molar-refractivity contribution in [3.05, 3.63) is 58.4 Å². The van der Waals surface area contributed by atoms with Crippen molar-refractivity contribution in [2.75, 3.05) is 0 Å². The fourth-order valence-corrected chi connectivity index (χ4v) is 2.84. The van der Waals surface area contributed by atoms with Gasteiger partial charge in [0.25, 0.3) is 11.2 Å². The van der Waals surface area contributed by atoms with Crippen LogP contribution in [0.1, 0.15) is 26.3 Å². The topological polar surface area (TPSA) is 93.1 Å². The predicted molar refractivity (Wildman–Crippen MR) is 94.8 cm³/mol. The van der Waals surface area contributed by atoms with Crippen LogP contribution in [0.4, 0.5) is 5.69 Å². The normalized spacial score (nSPS) is 13.3. The number of halogens is 1. The van der Waals surface area contributed by atoms with Crippen molar-refractivity contribution in [1.29, 1.82) is 0 Å². The molecule has 2 aromatic rings. The van der Waals surface area contributed by atoms with Crippen LogP contribution in [-0.2, 0) is 4.79 Å². The number of H-pyrrole nitrogens is 1. The van der Waals surface area contributed by atoms with Crippen molar-refractivity contribution < 1.29 is 9.72 Å². The van der Waals surface area contributed by atoms with Crippen molar-refractivity contribution >= 4 is 46.6 Å². The number of carbonyl (C=O) groups is 1. The van der Waals surface area contributed by atoms with Crippen LogP contribution in [-0.4, -0.2) is 15.7 Å². The zero-order chi connectivity index (χ0) is 18.1. The van der Waals surface area contributed by atoms with Gasteiger partial charge in [-0.3, -0.25) is 19.7 Å². The van der Waals surface area contributed by atoms with Gasteiger partial charge in [0.05, 0.1) is 14.1 Å². The minimum atomic E-state index is -0.584. The number of rotatable bonds is 3. The van der Waals surface area contributed by atoms with E-state index in [0.29, 0.717) is 14.8 Å². The fraction of sp³-hybridized carbons (Fsp3) is 0.250. The second kappa shape index (κ2) is 6.70. The fourth-order valence-electron chi connectivity index (χ4n) is 1.77. The number of thiazole rings is 1. The summed E-state index contributed by atoms with van der Waals surface area (Å²) in [6, 6.07) is 4.28. The summed E-state index contributed by atoms with van der Waals surface area (Å²) in [5, 5.41) is 10.9. The van der Waals surface area contributed by atoms with E-state index in [-0.39, 0.29) is 22.1 Å². The number of benzene rings is 1. The average Bonchev–Trinajstić information content (AvgIpc) is 2.79. The van der Waals surface area contributed by atoms with Crippen molar-refractivity contribution in [3.63, 3.8) is 0 Å². The number of Topliss-reactive ketones (excluding diaryl/α,β-unsaturated/α-hetero) is 1. The Labute approximate surface area is 146 Å². The Morgan fingerprint density at radius 3 is 2.62 bits per heavy atom. The molecule has 0 bridgehead atoms.